The number of hydrogen-bond donors (Lipinski definition) is 2. The molecule has 3 aromatic rings. The van der Waals surface area contributed by atoms with Crippen molar-refractivity contribution in [3.63, 3.8) is 0 Å². The first-order chi connectivity index (χ1) is 12.3. The van der Waals surface area contributed by atoms with E-state index in [1.54, 1.807) is 6.07 Å². The molecule has 1 aliphatic rings. The molecule has 128 valence electrons. The van der Waals surface area contributed by atoms with Gasteiger partial charge in [-0.1, -0.05) is 42.5 Å². The Morgan fingerprint density at radius 1 is 1.04 bits per heavy atom. The van der Waals surface area contributed by atoms with E-state index in [-0.39, 0.29) is 11.6 Å². The lowest BCUT2D eigenvalue weighted by atomic mass is 10.1. The second-order valence-electron chi connectivity index (χ2n) is 6.55. The zero-order valence-electron chi connectivity index (χ0n) is 14.1. The predicted octanol–water partition coefficient (Wildman–Crippen LogP) is 3.17. The van der Waals surface area contributed by atoms with E-state index < -0.39 is 0 Å². The molecular formula is C20H22N4O. The van der Waals surface area contributed by atoms with E-state index in [4.69, 9.17) is 0 Å². The van der Waals surface area contributed by atoms with Gasteiger partial charge in [-0.2, -0.15) is 0 Å². The second-order valence-corrected chi connectivity index (χ2v) is 6.55. The smallest absolute Gasteiger partial charge is 0.260 e. The summed E-state index contributed by atoms with van der Waals surface area (Å²) < 4.78 is 0. The van der Waals surface area contributed by atoms with Gasteiger partial charge >= 0.3 is 0 Å². The fourth-order valence-electron chi connectivity index (χ4n) is 3.46. The maximum atomic E-state index is 12.3. The number of aromatic amines is 1. The number of anilines is 1. The molecule has 0 saturated carbocycles. The molecule has 4 rings (SSSR count). The quantitative estimate of drug-likeness (QED) is 0.752. The number of para-hydroxylation sites is 1. The lowest BCUT2D eigenvalue weighted by Crippen LogP contribution is -2.30. The van der Waals surface area contributed by atoms with Gasteiger partial charge < -0.3 is 10.2 Å². The molecule has 0 amide bonds. The van der Waals surface area contributed by atoms with Crippen LogP contribution < -0.4 is 10.9 Å². The van der Waals surface area contributed by atoms with Gasteiger partial charge in [-0.15, -0.1) is 0 Å². The fourth-order valence-corrected chi connectivity index (χ4v) is 3.46. The van der Waals surface area contributed by atoms with Crippen molar-refractivity contribution in [2.75, 3.05) is 25.0 Å². The van der Waals surface area contributed by atoms with Crippen molar-refractivity contribution in [3.05, 3.63) is 70.5 Å². The highest BCUT2D eigenvalue weighted by atomic mass is 16.1. The van der Waals surface area contributed by atoms with Crippen molar-refractivity contribution in [2.24, 2.45) is 0 Å². The minimum absolute atomic E-state index is 0.0867. The molecule has 0 aliphatic carbocycles. The number of nitrogens with zero attached hydrogens (tertiary/aromatic N) is 2. The largest absolute Gasteiger partial charge is 0.348 e. The van der Waals surface area contributed by atoms with Crippen LogP contribution in [0.3, 0.4) is 0 Å². The van der Waals surface area contributed by atoms with Gasteiger partial charge in [0.2, 0.25) is 5.95 Å². The van der Waals surface area contributed by atoms with Crippen molar-refractivity contribution < 1.29 is 0 Å². The molecule has 0 bridgehead atoms. The molecule has 25 heavy (non-hydrogen) atoms. The van der Waals surface area contributed by atoms with Crippen LogP contribution in [0, 0.1) is 0 Å². The summed E-state index contributed by atoms with van der Waals surface area (Å²) in [5.74, 6) is 0.525. The number of hydrogen-bond acceptors (Lipinski definition) is 4. The first kappa shape index (κ1) is 15.8. The molecule has 5 heteroatoms. The van der Waals surface area contributed by atoms with Gasteiger partial charge in [-0.3, -0.25) is 9.78 Å². The van der Waals surface area contributed by atoms with Gasteiger partial charge in [0.25, 0.3) is 5.56 Å². The molecule has 2 heterocycles. The number of aromatic nitrogens is 2. The summed E-state index contributed by atoms with van der Waals surface area (Å²) in [4.78, 5) is 22.2. The summed E-state index contributed by atoms with van der Waals surface area (Å²) in [7, 11) is 0. The monoisotopic (exact) mass is 334 g/mol. The van der Waals surface area contributed by atoms with E-state index in [1.807, 2.05) is 36.4 Å². The third-order valence-electron chi connectivity index (χ3n) is 4.77. The molecular weight excluding hydrogens is 312 g/mol. The molecule has 1 saturated heterocycles. The minimum Gasteiger partial charge on any atom is -0.348 e. The van der Waals surface area contributed by atoms with Crippen LogP contribution in [0.1, 0.15) is 24.4 Å². The highest BCUT2D eigenvalue weighted by Crippen LogP contribution is 2.21. The lowest BCUT2D eigenvalue weighted by Gasteiger charge is -2.25. The first-order valence-electron chi connectivity index (χ1n) is 8.82. The molecule has 0 radical (unpaired) electrons. The molecule has 1 aromatic heterocycles. The molecule has 1 atom stereocenters. The van der Waals surface area contributed by atoms with E-state index in [0.717, 1.165) is 19.6 Å². The number of H-pyrrole nitrogens is 1. The Morgan fingerprint density at radius 2 is 1.76 bits per heavy atom. The number of likely N-dealkylation sites (tertiary alicyclic amines) is 1. The van der Waals surface area contributed by atoms with Gasteiger partial charge in [0.1, 0.15) is 0 Å². The Kier molecular flexibility index (Phi) is 4.48. The van der Waals surface area contributed by atoms with Crippen molar-refractivity contribution in [2.45, 2.75) is 18.9 Å². The molecule has 1 fully saturated rings. The van der Waals surface area contributed by atoms with Crippen molar-refractivity contribution >= 4 is 16.9 Å². The van der Waals surface area contributed by atoms with Crippen LogP contribution in [-0.2, 0) is 0 Å². The number of nitrogens with one attached hydrogen (secondary N) is 2. The van der Waals surface area contributed by atoms with Gasteiger partial charge in [-0.05, 0) is 43.6 Å². The number of fused-ring (bicyclic) bond motifs is 1. The van der Waals surface area contributed by atoms with E-state index in [1.165, 1.54) is 18.4 Å². The maximum Gasteiger partial charge on any atom is 0.260 e. The average Bonchev–Trinajstić information content (AvgIpc) is 3.15. The van der Waals surface area contributed by atoms with E-state index in [2.05, 4.69) is 32.3 Å². The van der Waals surface area contributed by atoms with Gasteiger partial charge in [0.15, 0.2) is 0 Å². The Balaban J connectivity index is 1.64. The molecule has 0 spiro atoms. The standard InChI is InChI=1S/C20H22N4O/c25-19-16-10-4-5-11-17(16)21-20(23-19)22-18(14-24-12-6-7-13-24)15-8-2-1-3-9-15/h1-5,8-11,18H,6-7,12-14H2,(H2,21,22,23,25)/t18-/m0/s1. The predicted molar refractivity (Wildman–Crippen MR) is 101 cm³/mol. The third-order valence-corrected chi connectivity index (χ3v) is 4.77. The van der Waals surface area contributed by atoms with Crippen LogP contribution in [0.4, 0.5) is 5.95 Å². The summed E-state index contributed by atoms with van der Waals surface area (Å²) in [6.45, 7) is 3.17. The van der Waals surface area contributed by atoms with Gasteiger partial charge in [0.05, 0.1) is 16.9 Å². The normalized spacial score (nSPS) is 16.2. The molecule has 2 aromatic carbocycles. The number of rotatable bonds is 5. The van der Waals surface area contributed by atoms with E-state index >= 15 is 0 Å². The highest BCUT2D eigenvalue weighted by Gasteiger charge is 2.19. The first-order valence-corrected chi connectivity index (χ1v) is 8.82. The van der Waals surface area contributed by atoms with Gasteiger partial charge in [-0.25, -0.2) is 4.98 Å². The molecule has 1 aliphatic heterocycles. The topological polar surface area (TPSA) is 61.0 Å². The van der Waals surface area contributed by atoms with Crippen LogP contribution in [0.25, 0.3) is 10.9 Å². The molecule has 0 unspecified atom stereocenters. The lowest BCUT2D eigenvalue weighted by molar-refractivity contribution is 0.323. The summed E-state index contributed by atoms with van der Waals surface area (Å²) in [5.41, 5.74) is 1.80. The summed E-state index contributed by atoms with van der Waals surface area (Å²) in [6.07, 6.45) is 2.51. The average molecular weight is 334 g/mol. The zero-order chi connectivity index (χ0) is 17.1. The van der Waals surface area contributed by atoms with Crippen LogP contribution >= 0.6 is 0 Å². The minimum atomic E-state index is -0.110. The molecule has 5 nitrogen and oxygen atoms in total. The highest BCUT2D eigenvalue weighted by molar-refractivity contribution is 5.78. The summed E-state index contributed by atoms with van der Waals surface area (Å²) >= 11 is 0. The summed E-state index contributed by atoms with van der Waals surface area (Å²) in [5, 5.41) is 4.06. The fraction of sp³-hybridized carbons (Fsp3) is 0.300. The van der Waals surface area contributed by atoms with E-state index in [0.29, 0.717) is 16.9 Å². The zero-order valence-corrected chi connectivity index (χ0v) is 14.1. The Hall–Kier alpha value is -2.66. The molecule has 2 N–H and O–H groups in total. The van der Waals surface area contributed by atoms with Crippen molar-refractivity contribution in [1.82, 2.24) is 14.9 Å². The van der Waals surface area contributed by atoms with Crippen LogP contribution in [0.15, 0.2) is 59.4 Å². The Labute approximate surface area is 146 Å². The van der Waals surface area contributed by atoms with Crippen LogP contribution in [0.5, 0.6) is 0 Å². The van der Waals surface area contributed by atoms with Crippen molar-refractivity contribution in [3.8, 4) is 0 Å². The third kappa shape index (κ3) is 3.56. The van der Waals surface area contributed by atoms with Crippen LogP contribution in [0.2, 0.25) is 0 Å². The SMILES string of the molecule is O=c1[nH]c(N[C@@H](CN2CCCC2)c2ccccc2)nc2ccccc12. The number of benzene rings is 2. The second kappa shape index (κ2) is 7.07. The maximum absolute atomic E-state index is 12.3. The van der Waals surface area contributed by atoms with Gasteiger partial charge in [0, 0.05) is 6.54 Å². The van der Waals surface area contributed by atoms with E-state index in [9.17, 15) is 4.79 Å². The van der Waals surface area contributed by atoms with Crippen molar-refractivity contribution in [1.29, 1.82) is 0 Å². The Morgan fingerprint density at radius 3 is 2.56 bits per heavy atom. The van der Waals surface area contributed by atoms with Crippen LogP contribution in [-0.4, -0.2) is 34.5 Å². The Bertz CT molecular complexity index is 900. The summed E-state index contributed by atoms with van der Waals surface area (Å²) in [6, 6.07) is 17.9.